The Balaban J connectivity index is 1.70. The lowest BCUT2D eigenvalue weighted by atomic mass is 9.75. The van der Waals surface area contributed by atoms with Gasteiger partial charge < -0.3 is 15.0 Å². The number of aryl methyl sites for hydroxylation is 1. The summed E-state index contributed by atoms with van der Waals surface area (Å²) >= 11 is 0. The number of carbonyl (C=O) groups is 2. The average Bonchev–Trinajstić information content (AvgIpc) is 2.96. The normalized spacial score (nSPS) is 32.0. The fourth-order valence-electron chi connectivity index (χ4n) is 5.64. The van der Waals surface area contributed by atoms with E-state index in [1.54, 1.807) is 0 Å². The Bertz CT molecular complexity index is 797. The van der Waals surface area contributed by atoms with Crippen LogP contribution in [0.2, 0.25) is 0 Å². The van der Waals surface area contributed by atoms with Crippen LogP contribution in [0.3, 0.4) is 0 Å². The predicted octanol–water partition coefficient (Wildman–Crippen LogP) is 3.53. The van der Waals surface area contributed by atoms with Crippen LogP contribution in [0.1, 0.15) is 57.2 Å². The van der Waals surface area contributed by atoms with Crippen molar-refractivity contribution in [3.63, 3.8) is 0 Å². The SMILES string of the molecule is Cc1ccc2c(c1)CCN1C(=O)C[C@H]3[C@H](NC(=O)OC(C)(C)C)[C@@H](C)CC231. The van der Waals surface area contributed by atoms with Crippen molar-refractivity contribution in [3.8, 4) is 0 Å². The van der Waals surface area contributed by atoms with Crippen LogP contribution in [0.25, 0.3) is 0 Å². The van der Waals surface area contributed by atoms with Crippen LogP contribution in [-0.4, -0.2) is 35.1 Å². The molecule has 0 radical (unpaired) electrons. The van der Waals surface area contributed by atoms with Crippen LogP contribution < -0.4 is 5.32 Å². The molecule has 27 heavy (non-hydrogen) atoms. The summed E-state index contributed by atoms with van der Waals surface area (Å²) in [5, 5.41) is 3.11. The highest BCUT2D eigenvalue weighted by Gasteiger charge is 2.63. The second-order valence-corrected chi connectivity index (χ2v) is 9.54. The zero-order valence-electron chi connectivity index (χ0n) is 17.0. The van der Waals surface area contributed by atoms with Crippen molar-refractivity contribution in [2.45, 2.75) is 71.1 Å². The first kappa shape index (κ1) is 18.3. The van der Waals surface area contributed by atoms with Gasteiger partial charge in [0.25, 0.3) is 0 Å². The first-order valence-corrected chi connectivity index (χ1v) is 10.0. The van der Waals surface area contributed by atoms with Gasteiger partial charge in [0.15, 0.2) is 0 Å². The quantitative estimate of drug-likeness (QED) is 0.823. The van der Waals surface area contributed by atoms with Crippen LogP contribution in [0, 0.1) is 18.8 Å². The molecular formula is C22H30N2O3. The topological polar surface area (TPSA) is 58.6 Å². The lowest BCUT2D eigenvalue weighted by Crippen LogP contribution is -2.51. The van der Waals surface area contributed by atoms with Crippen molar-refractivity contribution in [1.29, 1.82) is 0 Å². The second-order valence-electron chi connectivity index (χ2n) is 9.54. The van der Waals surface area contributed by atoms with E-state index in [-0.39, 0.29) is 35.4 Å². The van der Waals surface area contributed by atoms with Gasteiger partial charge in [-0.25, -0.2) is 4.79 Å². The summed E-state index contributed by atoms with van der Waals surface area (Å²) in [6.45, 7) is 10.7. The van der Waals surface area contributed by atoms with Gasteiger partial charge in [-0.1, -0.05) is 30.7 Å². The van der Waals surface area contributed by atoms with Crippen molar-refractivity contribution in [2.24, 2.45) is 11.8 Å². The molecule has 4 rings (SSSR count). The summed E-state index contributed by atoms with van der Waals surface area (Å²) in [6, 6.07) is 6.57. The Morgan fingerprint density at radius 3 is 2.78 bits per heavy atom. The number of fused-ring (bicyclic) bond motifs is 1. The van der Waals surface area contributed by atoms with E-state index in [9.17, 15) is 9.59 Å². The summed E-state index contributed by atoms with van der Waals surface area (Å²) in [4.78, 5) is 27.4. The standard InChI is InChI=1S/C22H30N2O3/c1-13-6-7-16-15(10-13)8-9-24-18(25)11-17-19(14(2)12-22(16,17)24)23-20(26)27-21(3,4)5/h6-7,10,14,17,19H,8-9,11-12H2,1-5H3,(H,23,26)/t14-,17-,19+,22?/m0/s1. The molecule has 1 N–H and O–H groups in total. The molecule has 5 heteroatoms. The van der Waals surface area contributed by atoms with E-state index < -0.39 is 5.60 Å². The number of rotatable bonds is 1. The molecule has 1 aromatic rings. The minimum absolute atomic E-state index is 0.0546. The van der Waals surface area contributed by atoms with Gasteiger partial charge in [-0.05, 0) is 57.6 Å². The van der Waals surface area contributed by atoms with Gasteiger partial charge in [0.05, 0.1) is 5.54 Å². The molecule has 4 atom stereocenters. The first-order valence-electron chi connectivity index (χ1n) is 10.0. The molecule has 1 aliphatic carbocycles. The highest BCUT2D eigenvalue weighted by molar-refractivity contribution is 5.82. The minimum atomic E-state index is -0.532. The van der Waals surface area contributed by atoms with E-state index in [4.69, 9.17) is 4.74 Å². The maximum absolute atomic E-state index is 12.8. The summed E-state index contributed by atoms with van der Waals surface area (Å²) in [5.74, 6) is 0.591. The number of benzene rings is 1. The number of nitrogens with one attached hydrogen (secondary N) is 1. The van der Waals surface area contributed by atoms with E-state index in [0.717, 1.165) is 19.4 Å². The molecule has 1 saturated heterocycles. The molecule has 3 aliphatic rings. The molecule has 2 aliphatic heterocycles. The van der Waals surface area contributed by atoms with Crippen molar-refractivity contribution >= 4 is 12.0 Å². The maximum atomic E-state index is 12.8. The number of amides is 2. The number of carbonyl (C=O) groups excluding carboxylic acids is 2. The Hall–Kier alpha value is -2.04. The Morgan fingerprint density at radius 2 is 2.07 bits per heavy atom. The number of nitrogens with zero attached hydrogens (tertiary/aromatic N) is 1. The molecule has 2 fully saturated rings. The Labute approximate surface area is 161 Å². The largest absolute Gasteiger partial charge is 0.444 e. The number of hydrogen-bond donors (Lipinski definition) is 1. The number of hydrogen-bond acceptors (Lipinski definition) is 3. The van der Waals surface area contributed by atoms with Gasteiger partial charge in [-0.15, -0.1) is 0 Å². The van der Waals surface area contributed by atoms with E-state index in [0.29, 0.717) is 6.42 Å². The average molecular weight is 370 g/mol. The lowest BCUT2D eigenvalue weighted by Gasteiger charge is -2.44. The van der Waals surface area contributed by atoms with E-state index >= 15 is 0 Å². The summed E-state index contributed by atoms with van der Waals surface area (Å²) in [6.07, 6.45) is 1.91. The molecule has 1 spiro atoms. The van der Waals surface area contributed by atoms with Crippen molar-refractivity contribution in [3.05, 3.63) is 34.9 Å². The second kappa shape index (κ2) is 5.98. The van der Waals surface area contributed by atoms with Gasteiger partial charge >= 0.3 is 6.09 Å². The van der Waals surface area contributed by atoms with Gasteiger partial charge in [-0.3, -0.25) is 4.79 Å². The van der Waals surface area contributed by atoms with E-state index in [1.807, 2.05) is 20.8 Å². The number of alkyl carbamates (subject to hydrolysis) is 1. The van der Waals surface area contributed by atoms with Crippen LogP contribution in [0.15, 0.2) is 18.2 Å². The highest BCUT2D eigenvalue weighted by atomic mass is 16.6. The molecule has 146 valence electrons. The molecule has 2 amide bonds. The molecule has 5 nitrogen and oxygen atoms in total. The third kappa shape index (κ3) is 2.82. The van der Waals surface area contributed by atoms with Gasteiger partial charge in [0, 0.05) is 24.9 Å². The molecule has 1 saturated carbocycles. The Morgan fingerprint density at radius 1 is 1.33 bits per heavy atom. The minimum Gasteiger partial charge on any atom is -0.444 e. The van der Waals surface area contributed by atoms with Crippen LogP contribution in [0.5, 0.6) is 0 Å². The fraction of sp³-hybridized carbons (Fsp3) is 0.636. The smallest absolute Gasteiger partial charge is 0.407 e. The van der Waals surface area contributed by atoms with Gasteiger partial charge in [-0.2, -0.15) is 0 Å². The van der Waals surface area contributed by atoms with E-state index in [2.05, 4.69) is 42.3 Å². The zero-order valence-corrected chi connectivity index (χ0v) is 17.0. The van der Waals surface area contributed by atoms with Gasteiger partial charge in [0.1, 0.15) is 5.60 Å². The summed E-state index contributed by atoms with van der Waals surface area (Å²) < 4.78 is 5.49. The molecule has 0 bridgehead atoms. The third-order valence-electron chi connectivity index (χ3n) is 6.49. The first-order chi connectivity index (χ1) is 12.6. The molecule has 2 heterocycles. The van der Waals surface area contributed by atoms with Crippen LogP contribution >= 0.6 is 0 Å². The zero-order chi connectivity index (χ0) is 19.6. The Kier molecular flexibility index (Phi) is 4.06. The monoisotopic (exact) mass is 370 g/mol. The maximum Gasteiger partial charge on any atom is 0.407 e. The molecular weight excluding hydrogens is 340 g/mol. The fourth-order valence-corrected chi connectivity index (χ4v) is 5.64. The molecule has 1 unspecified atom stereocenters. The lowest BCUT2D eigenvalue weighted by molar-refractivity contribution is -0.132. The highest BCUT2D eigenvalue weighted by Crippen LogP contribution is 2.58. The third-order valence-corrected chi connectivity index (χ3v) is 6.49. The van der Waals surface area contributed by atoms with Crippen molar-refractivity contribution < 1.29 is 14.3 Å². The molecule has 1 aromatic carbocycles. The van der Waals surface area contributed by atoms with Crippen LogP contribution in [-0.2, 0) is 21.5 Å². The van der Waals surface area contributed by atoms with Crippen LogP contribution in [0.4, 0.5) is 4.79 Å². The van der Waals surface area contributed by atoms with Gasteiger partial charge in [0.2, 0.25) is 5.91 Å². The summed E-state index contributed by atoms with van der Waals surface area (Å²) in [5.41, 5.74) is 3.09. The van der Waals surface area contributed by atoms with E-state index in [1.165, 1.54) is 16.7 Å². The number of ether oxygens (including phenoxy) is 1. The molecule has 0 aromatic heterocycles. The van der Waals surface area contributed by atoms with Crippen molar-refractivity contribution in [2.75, 3.05) is 6.54 Å². The predicted molar refractivity (Wildman–Crippen MR) is 103 cm³/mol. The van der Waals surface area contributed by atoms with Crippen molar-refractivity contribution in [1.82, 2.24) is 10.2 Å². The summed E-state index contributed by atoms with van der Waals surface area (Å²) in [7, 11) is 0.